The third-order valence-corrected chi connectivity index (χ3v) is 5.22. The molecule has 0 bridgehead atoms. The van der Waals surface area contributed by atoms with E-state index < -0.39 is 0 Å². The molecule has 2 atom stereocenters. The number of aromatic amines is 1. The van der Waals surface area contributed by atoms with Crippen LogP contribution < -0.4 is 0 Å². The van der Waals surface area contributed by atoms with Crippen LogP contribution in [0.15, 0.2) is 78.5 Å². The first-order valence-electron chi connectivity index (χ1n) is 9.71. The number of aromatic nitrogens is 6. The molecule has 4 aromatic rings. The molecule has 0 amide bonds. The second kappa shape index (κ2) is 7.35. The van der Waals surface area contributed by atoms with Crippen LogP contribution >= 0.6 is 0 Å². The first kappa shape index (κ1) is 17.4. The van der Waals surface area contributed by atoms with Gasteiger partial charge in [0.2, 0.25) is 0 Å². The van der Waals surface area contributed by atoms with Crippen LogP contribution in [0.2, 0.25) is 0 Å². The van der Waals surface area contributed by atoms with Crippen LogP contribution in [0, 0.1) is 0 Å². The Morgan fingerprint density at radius 1 is 1.10 bits per heavy atom. The van der Waals surface area contributed by atoms with E-state index >= 15 is 0 Å². The van der Waals surface area contributed by atoms with Crippen LogP contribution in [0.1, 0.15) is 47.8 Å². The summed E-state index contributed by atoms with van der Waals surface area (Å²) < 4.78 is 3.88. The molecular weight excluding hydrogens is 362 g/mol. The van der Waals surface area contributed by atoms with E-state index in [2.05, 4.69) is 57.8 Å². The lowest BCUT2D eigenvalue weighted by molar-refractivity contribution is 0.509. The van der Waals surface area contributed by atoms with Gasteiger partial charge in [-0.15, -0.1) is 0 Å². The Morgan fingerprint density at radius 2 is 2.00 bits per heavy atom. The molecule has 1 aliphatic heterocycles. The number of benzene rings is 1. The molecular formula is C22H21N7. The van der Waals surface area contributed by atoms with E-state index in [1.54, 1.807) is 12.4 Å². The zero-order valence-corrected chi connectivity index (χ0v) is 16.1. The summed E-state index contributed by atoms with van der Waals surface area (Å²) in [7, 11) is 0. The average Bonchev–Trinajstić information content (AvgIpc) is 3.51. The van der Waals surface area contributed by atoms with E-state index in [9.17, 15) is 0 Å². The van der Waals surface area contributed by atoms with Crippen molar-refractivity contribution in [3.05, 3.63) is 95.8 Å². The summed E-state index contributed by atoms with van der Waals surface area (Å²) in [6.07, 6.45) is 14.4. The van der Waals surface area contributed by atoms with Crippen LogP contribution in [0.5, 0.6) is 0 Å². The SMILES string of the molecule is CCC(c1ccccc1)n1cc(C2=NC(c3cn[nH]c3)C=Cn3nccc32)cn1. The van der Waals surface area contributed by atoms with Crippen molar-refractivity contribution >= 4 is 11.9 Å². The molecule has 4 heterocycles. The van der Waals surface area contributed by atoms with Crippen molar-refractivity contribution in [2.75, 3.05) is 0 Å². The predicted molar refractivity (Wildman–Crippen MR) is 112 cm³/mol. The van der Waals surface area contributed by atoms with Gasteiger partial charge in [0.15, 0.2) is 0 Å². The van der Waals surface area contributed by atoms with Gasteiger partial charge in [0.05, 0.1) is 42.1 Å². The Bertz CT molecular complexity index is 1150. The quantitative estimate of drug-likeness (QED) is 0.568. The Labute approximate surface area is 168 Å². The topological polar surface area (TPSA) is 76.7 Å². The lowest BCUT2D eigenvalue weighted by Gasteiger charge is -2.16. The van der Waals surface area contributed by atoms with E-state index in [0.717, 1.165) is 29.0 Å². The summed E-state index contributed by atoms with van der Waals surface area (Å²) in [6.45, 7) is 2.18. The van der Waals surface area contributed by atoms with Gasteiger partial charge in [0.1, 0.15) is 0 Å². The normalized spacial score (nSPS) is 16.9. The van der Waals surface area contributed by atoms with Crippen molar-refractivity contribution in [1.29, 1.82) is 0 Å². The zero-order valence-electron chi connectivity index (χ0n) is 16.1. The minimum atomic E-state index is -0.134. The Balaban J connectivity index is 1.56. The van der Waals surface area contributed by atoms with Gasteiger partial charge < -0.3 is 0 Å². The van der Waals surface area contributed by atoms with Crippen LogP contribution in [-0.2, 0) is 0 Å². The predicted octanol–water partition coefficient (Wildman–Crippen LogP) is 3.87. The van der Waals surface area contributed by atoms with Gasteiger partial charge in [-0.3, -0.25) is 14.8 Å². The fourth-order valence-corrected chi connectivity index (χ4v) is 3.74. The molecule has 0 aliphatic carbocycles. The van der Waals surface area contributed by atoms with Crippen LogP contribution in [0.25, 0.3) is 6.20 Å². The van der Waals surface area contributed by atoms with Gasteiger partial charge in [0.25, 0.3) is 0 Å². The van der Waals surface area contributed by atoms with Gasteiger partial charge in [-0.1, -0.05) is 37.3 Å². The molecule has 5 rings (SSSR count). The number of nitrogens with zero attached hydrogens (tertiary/aromatic N) is 6. The van der Waals surface area contributed by atoms with Gasteiger partial charge in [-0.25, -0.2) is 4.68 Å². The summed E-state index contributed by atoms with van der Waals surface area (Å²) >= 11 is 0. The van der Waals surface area contributed by atoms with Gasteiger partial charge >= 0.3 is 0 Å². The molecule has 7 heteroatoms. The molecule has 0 saturated carbocycles. The summed E-state index contributed by atoms with van der Waals surface area (Å²) in [5.41, 5.74) is 5.04. The van der Waals surface area contributed by atoms with Crippen molar-refractivity contribution in [2.45, 2.75) is 25.4 Å². The summed E-state index contributed by atoms with van der Waals surface area (Å²) in [4.78, 5) is 5.03. The third-order valence-electron chi connectivity index (χ3n) is 5.22. The monoisotopic (exact) mass is 383 g/mol. The maximum atomic E-state index is 5.03. The van der Waals surface area contributed by atoms with Crippen molar-refractivity contribution in [3.8, 4) is 0 Å². The number of aliphatic imine (C=N–C) groups is 1. The van der Waals surface area contributed by atoms with Gasteiger partial charge in [0, 0.05) is 29.7 Å². The Hall–Kier alpha value is -3.74. The van der Waals surface area contributed by atoms with E-state index in [-0.39, 0.29) is 12.1 Å². The molecule has 1 N–H and O–H groups in total. The van der Waals surface area contributed by atoms with Crippen molar-refractivity contribution in [2.24, 2.45) is 4.99 Å². The van der Waals surface area contributed by atoms with E-state index in [1.165, 1.54) is 5.56 Å². The summed E-state index contributed by atoms with van der Waals surface area (Å²) in [5.74, 6) is 0. The molecule has 1 aromatic carbocycles. The summed E-state index contributed by atoms with van der Waals surface area (Å²) in [6, 6.07) is 12.5. The zero-order chi connectivity index (χ0) is 19.6. The highest BCUT2D eigenvalue weighted by Gasteiger charge is 2.21. The van der Waals surface area contributed by atoms with E-state index in [0.29, 0.717) is 0 Å². The first-order chi connectivity index (χ1) is 14.3. The molecule has 0 fully saturated rings. The smallest absolute Gasteiger partial charge is 0.0986 e. The number of H-pyrrole nitrogens is 1. The number of rotatable bonds is 5. The minimum absolute atomic E-state index is 0.134. The largest absolute Gasteiger partial charge is 0.285 e. The number of hydrogen-bond donors (Lipinski definition) is 1. The average molecular weight is 383 g/mol. The highest BCUT2D eigenvalue weighted by Crippen LogP contribution is 2.26. The van der Waals surface area contributed by atoms with E-state index in [4.69, 9.17) is 4.99 Å². The van der Waals surface area contributed by atoms with Gasteiger partial charge in [-0.05, 0) is 24.1 Å². The molecule has 3 aromatic heterocycles. The lowest BCUT2D eigenvalue weighted by atomic mass is 10.0. The highest BCUT2D eigenvalue weighted by atomic mass is 15.3. The maximum absolute atomic E-state index is 5.03. The highest BCUT2D eigenvalue weighted by molar-refractivity contribution is 6.12. The second-order valence-corrected chi connectivity index (χ2v) is 7.00. The van der Waals surface area contributed by atoms with Crippen molar-refractivity contribution < 1.29 is 0 Å². The Kier molecular flexibility index (Phi) is 4.40. The number of hydrogen-bond acceptors (Lipinski definition) is 4. The molecule has 1 aliphatic rings. The second-order valence-electron chi connectivity index (χ2n) is 7.00. The molecule has 0 spiro atoms. The van der Waals surface area contributed by atoms with Crippen LogP contribution in [0.3, 0.4) is 0 Å². The summed E-state index contributed by atoms with van der Waals surface area (Å²) in [5, 5.41) is 16.0. The molecule has 144 valence electrons. The minimum Gasteiger partial charge on any atom is -0.285 e. The Morgan fingerprint density at radius 3 is 2.79 bits per heavy atom. The molecule has 0 saturated heterocycles. The molecule has 0 radical (unpaired) electrons. The molecule has 29 heavy (non-hydrogen) atoms. The number of nitrogens with one attached hydrogen (secondary N) is 1. The van der Waals surface area contributed by atoms with Crippen LogP contribution in [-0.4, -0.2) is 35.5 Å². The van der Waals surface area contributed by atoms with Crippen molar-refractivity contribution in [3.63, 3.8) is 0 Å². The number of fused-ring (bicyclic) bond motifs is 1. The standard InChI is InChI=1S/C22H21N7/c1-2-20(16-6-4-3-5-7-16)29-15-18(14-26-29)22-21-8-10-25-28(21)11-9-19(27-22)17-12-23-24-13-17/h3-15,19-20H,2H2,1H3,(H,23,24). The fraction of sp³-hybridized carbons (Fsp3) is 0.182. The fourth-order valence-electron chi connectivity index (χ4n) is 3.74. The maximum Gasteiger partial charge on any atom is 0.0986 e. The lowest BCUT2D eigenvalue weighted by Crippen LogP contribution is -2.11. The third kappa shape index (κ3) is 3.20. The van der Waals surface area contributed by atoms with Crippen LogP contribution in [0.4, 0.5) is 0 Å². The molecule has 7 nitrogen and oxygen atoms in total. The van der Waals surface area contributed by atoms with Crippen molar-refractivity contribution in [1.82, 2.24) is 29.8 Å². The van der Waals surface area contributed by atoms with Gasteiger partial charge in [-0.2, -0.15) is 15.3 Å². The first-order valence-corrected chi connectivity index (χ1v) is 9.71. The van der Waals surface area contributed by atoms with E-state index in [1.807, 2.05) is 46.2 Å². The molecule has 2 unspecified atom stereocenters.